The fourth-order valence-electron chi connectivity index (χ4n) is 4.28. The Morgan fingerprint density at radius 2 is 2.06 bits per heavy atom. The first-order chi connectivity index (χ1) is 15.9. The summed E-state index contributed by atoms with van der Waals surface area (Å²) in [4.78, 5) is 34.7. The van der Waals surface area contributed by atoms with E-state index in [9.17, 15) is 14.7 Å². The summed E-state index contributed by atoms with van der Waals surface area (Å²) in [6, 6.07) is 1.69. The van der Waals surface area contributed by atoms with E-state index in [1.54, 1.807) is 18.5 Å². The van der Waals surface area contributed by atoms with Crippen molar-refractivity contribution in [1.29, 1.82) is 0 Å². The van der Waals surface area contributed by atoms with E-state index in [0.717, 1.165) is 32.1 Å². The molecule has 2 fully saturated rings. The summed E-state index contributed by atoms with van der Waals surface area (Å²) in [5, 5.41) is 21.2. The number of rotatable bonds is 6. The lowest BCUT2D eigenvalue weighted by molar-refractivity contribution is 0.0154. The topological polar surface area (TPSA) is 136 Å². The van der Waals surface area contributed by atoms with Crippen LogP contribution in [0.3, 0.4) is 0 Å². The Morgan fingerprint density at radius 1 is 1.27 bits per heavy atom. The van der Waals surface area contributed by atoms with E-state index in [4.69, 9.17) is 4.74 Å². The van der Waals surface area contributed by atoms with E-state index in [-0.39, 0.29) is 17.0 Å². The fraction of sp³-hybridized carbons (Fsp3) is 0.500. The maximum atomic E-state index is 13.5. The van der Waals surface area contributed by atoms with Gasteiger partial charge in [0.25, 0.3) is 11.5 Å². The monoisotopic (exact) mass is 453 g/mol. The molecule has 3 N–H and O–H groups in total. The molecule has 1 aliphatic carbocycles. The Hall–Kier alpha value is -3.47. The number of ether oxygens (including phenoxy) is 1. The van der Waals surface area contributed by atoms with Crippen LogP contribution in [0.1, 0.15) is 49.4 Å². The molecule has 3 aromatic rings. The second kappa shape index (κ2) is 8.47. The van der Waals surface area contributed by atoms with Crippen molar-refractivity contribution in [1.82, 2.24) is 29.5 Å². The van der Waals surface area contributed by atoms with E-state index in [0.29, 0.717) is 37.0 Å². The van der Waals surface area contributed by atoms with Gasteiger partial charge in [-0.3, -0.25) is 19.1 Å². The number of anilines is 2. The average molecular weight is 454 g/mol. The molecule has 0 unspecified atom stereocenters. The summed E-state index contributed by atoms with van der Waals surface area (Å²) in [5.41, 5.74) is -0.629. The normalized spacial score (nSPS) is 18.1. The molecule has 4 heterocycles. The largest absolute Gasteiger partial charge is 0.492 e. The smallest absolute Gasteiger partial charge is 0.270 e. The quantitative estimate of drug-likeness (QED) is 0.514. The van der Waals surface area contributed by atoms with Gasteiger partial charge in [0.2, 0.25) is 5.88 Å². The molecule has 2 aliphatic rings. The molecule has 11 heteroatoms. The lowest BCUT2D eigenvalue weighted by atomic mass is 9.82. The van der Waals surface area contributed by atoms with Crippen molar-refractivity contribution in [3.05, 3.63) is 40.6 Å². The van der Waals surface area contributed by atoms with E-state index >= 15 is 0 Å². The maximum absolute atomic E-state index is 13.5. The van der Waals surface area contributed by atoms with Crippen molar-refractivity contribution in [3.63, 3.8) is 0 Å². The molecule has 1 saturated carbocycles. The Labute approximate surface area is 189 Å². The summed E-state index contributed by atoms with van der Waals surface area (Å²) in [6.07, 6.45) is 8.99. The fourth-order valence-corrected chi connectivity index (χ4v) is 4.28. The highest BCUT2D eigenvalue weighted by atomic mass is 16.5. The van der Waals surface area contributed by atoms with Crippen LogP contribution in [0.2, 0.25) is 0 Å². The highest BCUT2D eigenvalue weighted by molar-refractivity contribution is 5.96. The van der Waals surface area contributed by atoms with Gasteiger partial charge in [0.1, 0.15) is 11.5 Å². The third kappa shape index (κ3) is 4.15. The Kier molecular flexibility index (Phi) is 5.49. The van der Waals surface area contributed by atoms with Crippen molar-refractivity contribution >= 4 is 23.2 Å². The number of carbonyl (C=O) groups excluding carboxylic acids is 1. The molecule has 0 radical (unpaired) electrons. The zero-order valence-electron chi connectivity index (χ0n) is 18.5. The van der Waals surface area contributed by atoms with Crippen molar-refractivity contribution in [2.24, 2.45) is 5.41 Å². The second-order valence-electron chi connectivity index (χ2n) is 9.13. The number of carbonyl (C=O) groups is 1. The molecule has 1 amide bonds. The molecular weight excluding hydrogens is 426 g/mol. The second-order valence-corrected chi connectivity index (χ2v) is 9.13. The third-order valence-electron chi connectivity index (χ3n) is 6.58. The number of hydrogen-bond acceptors (Lipinski definition) is 8. The number of hydrogen-bond donors (Lipinski definition) is 3. The van der Waals surface area contributed by atoms with Gasteiger partial charge in [0.15, 0.2) is 11.4 Å². The molecular formula is C22H27N7O4. The van der Waals surface area contributed by atoms with Crippen LogP contribution in [0.15, 0.2) is 29.5 Å². The first-order valence-electron chi connectivity index (χ1n) is 11.2. The van der Waals surface area contributed by atoms with Gasteiger partial charge >= 0.3 is 0 Å². The predicted molar refractivity (Wildman–Crippen MR) is 120 cm³/mol. The highest BCUT2D eigenvalue weighted by Crippen LogP contribution is 2.33. The van der Waals surface area contributed by atoms with Crippen molar-refractivity contribution < 1.29 is 14.6 Å². The maximum Gasteiger partial charge on any atom is 0.270 e. The van der Waals surface area contributed by atoms with Gasteiger partial charge < -0.3 is 20.5 Å². The highest BCUT2D eigenvalue weighted by Gasteiger charge is 2.32. The Balaban J connectivity index is 1.60. The van der Waals surface area contributed by atoms with E-state index in [1.807, 2.05) is 0 Å². The van der Waals surface area contributed by atoms with Crippen molar-refractivity contribution in [2.45, 2.75) is 51.6 Å². The van der Waals surface area contributed by atoms with Crippen LogP contribution in [-0.2, 0) is 11.3 Å². The van der Waals surface area contributed by atoms with Crippen molar-refractivity contribution in [2.75, 3.05) is 18.5 Å². The third-order valence-corrected chi connectivity index (χ3v) is 6.58. The van der Waals surface area contributed by atoms with Gasteiger partial charge in [-0.25, -0.2) is 4.98 Å². The van der Waals surface area contributed by atoms with Gasteiger partial charge in [-0.15, -0.1) is 5.10 Å². The van der Waals surface area contributed by atoms with Gasteiger partial charge in [-0.2, -0.15) is 4.52 Å². The molecule has 1 aliphatic heterocycles. The van der Waals surface area contributed by atoms with Crippen LogP contribution >= 0.6 is 0 Å². The molecule has 1 saturated heterocycles. The first kappa shape index (κ1) is 21.4. The number of fused-ring (bicyclic) bond motifs is 1. The molecule has 3 aromatic heterocycles. The summed E-state index contributed by atoms with van der Waals surface area (Å²) in [6.45, 7) is 3.72. The summed E-state index contributed by atoms with van der Waals surface area (Å²) in [5.74, 6) is -0.220. The van der Waals surface area contributed by atoms with Crippen LogP contribution in [-0.4, -0.2) is 54.4 Å². The molecule has 5 rings (SSSR count). The van der Waals surface area contributed by atoms with E-state index < -0.39 is 17.3 Å². The molecule has 0 aromatic carbocycles. The van der Waals surface area contributed by atoms with E-state index in [1.165, 1.54) is 15.3 Å². The molecule has 0 atom stereocenters. The summed E-state index contributed by atoms with van der Waals surface area (Å²) in [7, 11) is 0. The zero-order chi connectivity index (χ0) is 23.0. The molecule has 0 bridgehead atoms. The van der Waals surface area contributed by atoms with Gasteiger partial charge in [-0.1, -0.05) is 6.92 Å². The summed E-state index contributed by atoms with van der Waals surface area (Å²) < 4.78 is 8.27. The average Bonchev–Trinajstić information content (AvgIpc) is 3.19. The van der Waals surface area contributed by atoms with Crippen LogP contribution in [0, 0.1) is 5.41 Å². The van der Waals surface area contributed by atoms with Crippen LogP contribution in [0.4, 0.5) is 11.6 Å². The lowest BCUT2D eigenvalue weighted by Crippen LogP contribution is -2.43. The number of nitrogens with zero attached hydrogens (tertiary/aromatic N) is 5. The predicted octanol–water partition coefficient (Wildman–Crippen LogP) is 1.83. The molecule has 33 heavy (non-hydrogen) atoms. The van der Waals surface area contributed by atoms with Crippen molar-refractivity contribution in [3.8, 4) is 5.88 Å². The number of aromatic hydroxyl groups is 1. The minimum absolute atomic E-state index is 0.0277. The SMILES string of the molecule is CC1(Cn2c(=O)c(C(=O)NC3CCC3)c(O)n3nc(Nc4cnccn4)cc23)CCOCC1. The molecule has 0 spiro atoms. The number of nitrogens with one attached hydrogen (secondary N) is 2. The van der Waals surface area contributed by atoms with Crippen LogP contribution in [0.5, 0.6) is 5.88 Å². The van der Waals surface area contributed by atoms with Crippen LogP contribution < -0.4 is 16.2 Å². The van der Waals surface area contributed by atoms with Gasteiger partial charge in [0, 0.05) is 44.3 Å². The minimum Gasteiger partial charge on any atom is -0.492 e. The zero-order valence-corrected chi connectivity index (χ0v) is 18.5. The number of amides is 1. The summed E-state index contributed by atoms with van der Waals surface area (Å²) >= 11 is 0. The number of aromatic nitrogens is 5. The minimum atomic E-state index is -0.575. The van der Waals surface area contributed by atoms with E-state index in [2.05, 4.69) is 32.6 Å². The lowest BCUT2D eigenvalue weighted by Gasteiger charge is -2.34. The first-order valence-corrected chi connectivity index (χ1v) is 11.2. The molecule has 11 nitrogen and oxygen atoms in total. The molecule has 174 valence electrons. The standard InChI is InChI=1S/C22H27N7O4/c1-22(5-9-33-10-6-22)13-28-17-11-15(26-16-12-23-7-8-24-16)27-29(17)21(32)18(20(28)31)19(30)25-14-3-2-4-14/h7-8,11-12,14,32H,2-6,9-10,13H2,1H3,(H,25,30)(H,24,26,27). The van der Waals surface area contributed by atoms with Crippen LogP contribution in [0.25, 0.3) is 5.65 Å². The Bertz CT molecular complexity index is 1230. The van der Waals surface area contributed by atoms with Gasteiger partial charge in [0.05, 0.1) is 6.20 Å². The Morgan fingerprint density at radius 3 is 2.73 bits per heavy atom. The van der Waals surface area contributed by atoms with Gasteiger partial charge in [-0.05, 0) is 37.5 Å².